The Hall–Kier alpha value is -3.53. The van der Waals surface area contributed by atoms with Crippen LogP contribution in [0.3, 0.4) is 0 Å². The molecular weight excluding hydrogens is 518 g/mol. The maximum atomic E-state index is 12.7. The predicted octanol–water partition coefficient (Wildman–Crippen LogP) is 9.44. The van der Waals surface area contributed by atoms with Crippen LogP contribution in [0.4, 0.5) is 0 Å². The summed E-state index contributed by atoms with van der Waals surface area (Å²) in [5.74, 6) is 1.84. The number of amides is 1. The fourth-order valence-electron chi connectivity index (χ4n) is 5.92. The lowest BCUT2D eigenvalue weighted by atomic mass is 9.70. The van der Waals surface area contributed by atoms with Gasteiger partial charge in [-0.15, -0.1) is 0 Å². The van der Waals surface area contributed by atoms with Crippen LogP contribution in [0.5, 0.6) is 11.5 Å². The molecule has 1 aliphatic carbocycles. The van der Waals surface area contributed by atoms with Crippen LogP contribution in [-0.2, 0) is 24.4 Å². The van der Waals surface area contributed by atoms with Crippen molar-refractivity contribution in [3.8, 4) is 11.5 Å². The number of rotatable bonds is 15. The van der Waals surface area contributed by atoms with E-state index in [-0.39, 0.29) is 5.91 Å². The normalized spacial score (nSPS) is 15.5. The minimum atomic E-state index is -0.763. The van der Waals surface area contributed by atoms with Crippen molar-refractivity contribution >= 4 is 11.5 Å². The number of ether oxygens (including phenoxy) is 2. The van der Waals surface area contributed by atoms with E-state index in [0.717, 1.165) is 71.4 Å². The molecule has 1 aliphatic rings. The van der Waals surface area contributed by atoms with Gasteiger partial charge in [0.2, 0.25) is 5.91 Å². The minimum Gasteiger partial charge on any atom is -0.488 e. The molecule has 0 aromatic heterocycles. The van der Waals surface area contributed by atoms with Gasteiger partial charge in [-0.05, 0) is 86.3 Å². The van der Waals surface area contributed by atoms with E-state index < -0.39 is 5.41 Å². The second-order valence-electron chi connectivity index (χ2n) is 12.5. The highest BCUT2D eigenvalue weighted by molar-refractivity contribution is 5.89. The maximum absolute atomic E-state index is 12.7. The number of benzene rings is 3. The van der Waals surface area contributed by atoms with Gasteiger partial charge in [0, 0.05) is 0 Å². The zero-order valence-electron chi connectivity index (χ0n) is 26.1. The van der Waals surface area contributed by atoms with Gasteiger partial charge in [0.25, 0.3) is 0 Å². The van der Waals surface area contributed by atoms with Crippen molar-refractivity contribution < 1.29 is 14.3 Å². The molecule has 0 saturated carbocycles. The molecule has 224 valence electrons. The minimum absolute atomic E-state index is 0.299. The largest absolute Gasteiger partial charge is 0.488 e. The smallest absolute Gasteiger partial charge is 0.227 e. The molecule has 4 heteroatoms. The zero-order valence-corrected chi connectivity index (χ0v) is 26.1. The molecule has 0 saturated heterocycles. The van der Waals surface area contributed by atoms with Crippen molar-refractivity contribution in [2.75, 3.05) is 0 Å². The molecule has 0 bridgehead atoms. The highest BCUT2D eigenvalue weighted by atomic mass is 16.5. The number of carbonyl (C=O) groups is 1. The van der Waals surface area contributed by atoms with Crippen LogP contribution in [0.15, 0.2) is 78.4 Å². The molecule has 42 heavy (non-hydrogen) atoms. The molecule has 0 fully saturated rings. The predicted molar refractivity (Wildman–Crippen MR) is 173 cm³/mol. The molecule has 2 N–H and O–H groups in total. The van der Waals surface area contributed by atoms with Crippen molar-refractivity contribution in [2.24, 2.45) is 17.1 Å². The summed E-state index contributed by atoms with van der Waals surface area (Å²) in [7, 11) is 0. The van der Waals surface area contributed by atoms with E-state index >= 15 is 0 Å². The first-order valence-corrected chi connectivity index (χ1v) is 15.8. The van der Waals surface area contributed by atoms with Crippen LogP contribution in [0.2, 0.25) is 0 Å². The fourth-order valence-corrected chi connectivity index (χ4v) is 5.92. The fraction of sp³-hybridized carbons (Fsp3) is 0.447. The van der Waals surface area contributed by atoms with E-state index in [1.165, 1.54) is 31.2 Å². The second kappa shape index (κ2) is 15.1. The third-order valence-electron chi connectivity index (χ3n) is 8.65. The molecule has 0 heterocycles. The van der Waals surface area contributed by atoms with E-state index in [1.54, 1.807) is 0 Å². The van der Waals surface area contributed by atoms with E-state index in [2.05, 4.69) is 50.2 Å². The third kappa shape index (κ3) is 8.27. The Labute approximate surface area is 253 Å². The first-order chi connectivity index (χ1) is 20.3. The summed E-state index contributed by atoms with van der Waals surface area (Å²) in [6, 6.07) is 25.0. The Kier molecular flexibility index (Phi) is 11.3. The Morgan fingerprint density at radius 1 is 0.833 bits per heavy atom. The molecule has 4 nitrogen and oxygen atoms in total. The van der Waals surface area contributed by atoms with Crippen LogP contribution >= 0.6 is 0 Å². The van der Waals surface area contributed by atoms with Gasteiger partial charge in [-0.2, -0.15) is 0 Å². The highest BCUT2D eigenvalue weighted by Gasteiger charge is 2.36. The molecule has 4 rings (SSSR count). The first-order valence-electron chi connectivity index (χ1n) is 15.8. The molecular formula is C38H49NO3. The summed E-state index contributed by atoms with van der Waals surface area (Å²) in [5, 5.41) is 0. The highest BCUT2D eigenvalue weighted by Crippen LogP contribution is 2.49. The maximum Gasteiger partial charge on any atom is 0.227 e. The quantitative estimate of drug-likeness (QED) is 0.186. The Morgan fingerprint density at radius 3 is 1.90 bits per heavy atom. The van der Waals surface area contributed by atoms with E-state index in [1.807, 2.05) is 50.2 Å². The summed E-state index contributed by atoms with van der Waals surface area (Å²) in [6.07, 6.45) is 9.83. The van der Waals surface area contributed by atoms with E-state index in [0.29, 0.717) is 19.1 Å². The van der Waals surface area contributed by atoms with Crippen molar-refractivity contribution in [3.63, 3.8) is 0 Å². The lowest BCUT2D eigenvalue weighted by Crippen LogP contribution is -2.35. The average molecular weight is 568 g/mol. The molecule has 1 amide bonds. The lowest BCUT2D eigenvalue weighted by molar-refractivity contribution is -0.124. The molecule has 0 spiro atoms. The van der Waals surface area contributed by atoms with E-state index in [9.17, 15) is 4.79 Å². The van der Waals surface area contributed by atoms with Crippen LogP contribution in [0.25, 0.3) is 5.57 Å². The van der Waals surface area contributed by atoms with Crippen molar-refractivity contribution in [3.05, 3.63) is 101 Å². The van der Waals surface area contributed by atoms with Gasteiger partial charge in [-0.3, -0.25) is 4.79 Å². The van der Waals surface area contributed by atoms with Gasteiger partial charge in [0.05, 0.1) is 11.0 Å². The Bertz CT molecular complexity index is 1260. The molecule has 3 aromatic rings. The Balaban J connectivity index is 1.83. The van der Waals surface area contributed by atoms with Crippen molar-refractivity contribution in [2.45, 2.75) is 98.7 Å². The van der Waals surface area contributed by atoms with Crippen molar-refractivity contribution in [1.82, 2.24) is 0 Å². The van der Waals surface area contributed by atoms with Crippen LogP contribution in [-0.4, -0.2) is 5.91 Å². The van der Waals surface area contributed by atoms with Gasteiger partial charge >= 0.3 is 0 Å². The Morgan fingerprint density at radius 2 is 1.38 bits per heavy atom. The van der Waals surface area contributed by atoms with Crippen LogP contribution in [0, 0.1) is 11.3 Å². The monoisotopic (exact) mass is 567 g/mol. The summed E-state index contributed by atoms with van der Waals surface area (Å²) >= 11 is 0. The number of nitrogens with two attached hydrogens (primary N) is 1. The second-order valence-corrected chi connectivity index (χ2v) is 12.5. The van der Waals surface area contributed by atoms with Gasteiger partial charge in [-0.25, -0.2) is 0 Å². The first kappa shape index (κ1) is 31.4. The lowest BCUT2D eigenvalue weighted by Gasteiger charge is -2.35. The van der Waals surface area contributed by atoms with Gasteiger partial charge in [-0.1, -0.05) is 106 Å². The van der Waals surface area contributed by atoms with Gasteiger partial charge in [0.1, 0.15) is 24.7 Å². The molecule has 1 unspecified atom stereocenters. The van der Waals surface area contributed by atoms with E-state index in [4.69, 9.17) is 15.2 Å². The summed E-state index contributed by atoms with van der Waals surface area (Å²) in [5.41, 5.74) is 11.9. The SMILES string of the molecule is CCCCCCCc1cc(OCc2ccccc2)c(C2=C(C(C)(C)C(N)=O)CCC(C)C2)c(OCc2ccccc2)c1. The number of hydrogen-bond acceptors (Lipinski definition) is 3. The van der Waals surface area contributed by atoms with Crippen molar-refractivity contribution in [1.29, 1.82) is 0 Å². The summed E-state index contributed by atoms with van der Waals surface area (Å²) in [4.78, 5) is 12.7. The number of aryl methyl sites for hydroxylation is 1. The average Bonchev–Trinajstić information content (AvgIpc) is 2.99. The molecule has 0 radical (unpaired) electrons. The summed E-state index contributed by atoms with van der Waals surface area (Å²) < 4.78 is 13.4. The van der Waals surface area contributed by atoms with Gasteiger partial charge in [0.15, 0.2) is 0 Å². The number of carbonyl (C=O) groups excluding carboxylic acids is 1. The van der Waals surface area contributed by atoms with Crippen LogP contribution < -0.4 is 15.2 Å². The number of unbranched alkanes of at least 4 members (excludes halogenated alkanes) is 4. The summed E-state index contributed by atoms with van der Waals surface area (Å²) in [6.45, 7) is 9.38. The molecule has 1 atom stereocenters. The standard InChI is InChI=1S/C38H49NO3/c1-5-6-7-8-11-20-31-24-34(41-26-29-16-12-9-13-17-29)36(35(25-31)42-27-30-18-14-10-15-19-30)32-23-28(2)21-22-33(32)38(3,4)37(39)40/h9-10,12-19,24-25,28H,5-8,11,20-23,26-27H2,1-4H3,(H2,39,40). The molecule has 0 aliphatic heterocycles. The zero-order chi connectivity index (χ0) is 30.0. The molecule has 3 aromatic carbocycles. The number of hydrogen-bond donors (Lipinski definition) is 1. The third-order valence-corrected chi connectivity index (χ3v) is 8.65. The van der Waals surface area contributed by atoms with Crippen LogP contribution in [0.1, 0.15) is 101 Å². The van der Waals surface area contributed by atoms with Gasteiger partial charge < -0.3 is 15.2 Å². The topological polar surface area (TPSA) is 61.5 Å². The number of allylic oxidation sites excluding steroid dienone is 1. The number of primary amides is 1.